The molecule has 0 radical (unpaired) electrons. The standard InChI is InChI=1S/C16H18N4OS/c1-2-21-13-4-3-5-14-15(13)18-16(22-14)20-9-12(10-20)8-19-7-6-17-11-19/h3-7,11-12H,2,8-10H2,1H3. The largest absolute Gasteiger partial charge is 0.492 e. The Hall–Kier alpha value is -2.08. The summed E-state index contributed by atoms with van der Waals surface area (Å²) in [4.78, 5) is 11.2. The molecule has 0 unspecified atom stereocenters. The molecule has 3 aromatic rings. The van der Waals surface area contributed by atoms with Crippen molar-refractivity contribution in [1.29, 1.82) is 0 Å². The number of hydrogen-bond donors (Lipinski definition) is 0. The van der Waals surface area contributed by atoms with Gasteiger partial charge in [-0.15, -0.1) is 0 Å². The van der Waals surface area contributed by atoms with E-state index >= 15 is 0 Å². The summed E-state index contributed by atoms with van der Waals surface area (Å²) in [6.07, 6.45) is 5.74. The molecule has 0 saturated carbocycles. The van der Waals surface area contributed by atoms with Gasteiger partial charge in [-0.25, -0.2) is 9.97 Å². The average Bonchev–Trinajstić information content (AvgIpc) is 3.12. The topological polar surface area (TPSA) is 43.2 Å². The molecular weight excluding hydrogens is 296 g/mol. The van der Waals surface area contributed by atoms with Crippen molar-refractivity contribution < 1.29 is 4.74 Å². The highest BCUT2D eigenvalue weighted by Crippen LogP contribution is 2.36. The highest BCUT2D eigenvalue weighted by atomic mass is 32.1. The molecule has 4 rings (SSSR count). The lowest BCUT2D eigenvalue weighted by Crippen LogP contribution is -2.48. The van der Waals surface area contributed by atoms with Gasteiger partial charge in [0, 0.05) is 37.9 Å². The predicted octanol–water partition coefficient (Wildman–Crippen LogP) is 3.03. The van der Waals surface area contributed by atoms with Gasteiger partial charge in [0.1, 0.15) is 11.3 Å². The molecule has 114 valence electrons. The molecule has 0 aliphatic carbocycles. The quantitative estimate of drug-likeness (QED) is 0.726. The molecule has 1 aliphatic rings. The van der Waals surface area contributed by atoms with Gasteiger partial charge in [0.2, 0.25) is 0 Å². The van der Waals surface area contributed by atoms with Crippen LogP contribution in [0.1, 0.15) is 6.92 Å². The molecule has 0 bridgehead atoms. The van der Waals surface area contributed by atoms with Crippen molar-refractivity contribution in [1.82, 2.24) is 14.5 Å². The van der Waals surface area contributed by atoms with E-state index < -0.39 is 0 Å². The zero-order chi connectivity index (χ0) is 14.9. The lowest BCUT2D eigenvalue weighted by molar-refractivity contribution is 0.343. The molecular formula is C16H18N4OS. The van der Waals surface area contributed by atoms with Gasteiger partial charge in [-0.1, -0.05) is 17.4 Å². The van der Waals surface area contributed by atoms with Gasteiger partial charge in [0.25, 0.3) is 0 Å². The molecule has 1 aromatic carbocycles. The second-order valence-electron chi connectivity index (χ2n) is 5.56. The van der Waals surface area contributed by atoms with Gasteiger partial charge in [-0.05, 0) is 19.1 Å². The van der Waals surface area contributed by atoms with Crippen LogP contribution in [0.25, 0.3) is 10.2 Å². The van der Waals surface area contributed by atoms with Crippen molar-refractivity contribution >= 4 is 26.7 Å². The summed E-state index contributed by atoms with van der Waals surface area (Å²) in [5, 5.41) is 1.10. The van der Waals surface area contributed by atoms with E-state index in [2.05, 4.69) is 20.5 Å². The molecule has 1 saturated heterocycles. The average molecular weight is 314 g/mol. The number of fused-ring (bicyclic) bond motifs is 1. The van der Waals surface area contributed by atoms with Crippen LogP contribution in [0.15, 0.2) is 36.9 Å². The number of benzene rings is 1. The van der Waals surface area contributed by atoms with E-state index in [9.17, 15) is 0 Å². The Morgan fingerprint density at radius 1 is 1.36 bits per heavy atom. The zero-order valence-corrected chi connectivity index (χ0v) is 13.3. The van der Waals surface area contributed by atoms with Crippen LogP contribution in [0.4, 0.5) is 5.13 Å². The van der Waals surface area contributed by atoms with Crippen molar-refractivity contribution in [3.8, 4) is 5.75 Å². The Morgan fingerprint density at radius 2 is 2.27 bits per heavy atom. The van der Waals surface area contributed by atoms with E-state index in [1.807, 2.05) is 37.8 Å². The SMILES string of the molecule is CCOc1cccc2sc(N3CC(Cn4ccnc4)C3)nc12. The Balaban J connectivity index is 1.48. The van der Waals surface area contributed by atoms with Crippen LogP contribution in [0.2, 0.25) is 0 Å². The number of nitrogens with zero attached hydrogens (tertiary/aromatic N) is 4. The molecule has 6 heteroatoms. The van der Waals surface area contributed by atoms with Gasteiger partial charge >= 0.3 is 0 Å². The van der Waals surface area contributed by atoms with Crippen molar-refractivity contribution in [3.63, 3.8) is 0 Å². The molecule has 1 aliphatic heterocycles. The third-order valence-corrected chi connectivity index (χ3v) is 5.01. The van der Waals surface area contributed by atoms with Crippen LogP contribution >= 0.6 is 11.3 Å². The van der Waals surface area contributed by atoms with Crippen molar-refractivity contribution in [2.75, 3.05) is 24.6 Å². The molecule has 0 atom stereocenters. The van der Waals surface area contributed by atoms with E-state index in [0.29, 0.717) is 12.5 Å². The Bertz CT molecular complexity index is 762. The van der Waals surface area contributed by atoms with Gasteiger partial charge < -0.3 is 14.2 Å². The third-order valence-electron chi connectivity index (χ3n) is 3.93. The fourth-order valence-electron chi connectivity index (χ4n) is 2.85. The first kappa shape index (κ1) is 13.6. The summed E-state index contributed by atoms with van der Waals surface area (Å²) in [7, 11) is 0. The third kappa shape index (κ3) is 2.43. The van der Waals surface area contributed by atoms with Crippen LogP contribution in [-0.4, -0.2) is 34.2 Å². The lowest BCUT2D eigenvalue weighted by Gasteiger charge is -2.39. The normalized spacial score (nSPS) is 15.2. The van der Waals surface area contributed by atoms with E-state index in [0.717, 1.165) is 36.0 Å². The Morgan fingerprint density at radius 3 is 3.05 bits per heavy atom. The number of rotatable bonds is 5. The van der Waals surface area contributed by atoms with Gasteiger partial charge in [0.05, 0.1) is 17.6 Å². The maximum atomic E-state index is 5.67. The first-order chi connectivity index (χ1) is 10.8. The highest BCUT2D eigenvalue weighted by molar-refractivity contribution is 7.22. The minimum atomic E-state index is 0.669. The minimum Gasteiger partial charge on any atom is -0.492 e. The van der Waals surface area contributed by atoms with Gasteiger partial charge in [0.15, 0.2) is 5.13 Å². The first-order valence-electron chi connectivity index (χ1n) is 7.56. The summed E-state index contributed by atoms with van der Waals surface area (Å²) in [5.41, 5.74) is 0.988. The number of imidazole rings is 1. The fourth-order valence-corrected chi connectivity index (χ4v) is 3.85. The summed E-state index contributed by atoms with van der Waals surface area (Å²) in [6.45, 7) is 5.82. The zero-order valence-electron chi connectivity index (χ0n) is 12.5. The van der Waals surface area contributed by atoms with Crippen LogP contribution in [0, 0.1) is 5.92 Å². The highest BCUT2D eigenvalue weighted by Gasteiger charge is 2.29. The fraction of sp³-hybridized carbons (Fsp3) is 0.375. The van der Waals surface area contributed by atoms with Crippen molar-refractivity contribution in [2.24, 2.45) is 5.92 Å². The Kier molecular flexibility index (Phi) is 3.46. The second kappa shape index (κ2) is 5.61. The number of thiazole rings is 1. The molecule has 0 N–H and O–H groups in total. The number of anilines is 1. The molecule has 0 amide bonds. The van der Waals surface area contributed by atoms with Crippen LogP contribution < -0.4 is 9.64 Å². The first-order valence-corrected chi connectivity index (χ1v) is 8.38. The molecule has 5 nitrogen and oxygen atoms in total. The summed E-state index contributed by atoms with van der Waals surface area (Å²) < 4.78 is 9.01. The van der Waals surface area contributed by atoms with Crippen LogP contribution in [0.5, 0.6) is 5.75 Å². The van der Waals surface area contributed by atoms with Gasteiger partial charge in [-0.3, -0.25) is 0 Å². The van der Waals surface area contributed by atoms with E-state index in [4.69, 9.17) is 9.72 Å². The summed E-state index contributed by atoms with van der Waals surface area (Å²) in [6, 6.07) is 6.14. The molecule has 3 heterocycles. The molecule has 1 fully saturated rings. The maximum Gasteiger partial charge on any atom is 0.186 e. The summed E-state index contributed by atoms with van der Waals surface area (Å²) in [5.74, 6) is 1.56. The monoisotopic (exact) mass is 314 g/mol. The number of hydrogen-bond acceptors (Lipinski definition) is 5. The predicted molar refractivity (Wildman–Crippen MR) is 88.7 cm³/mol. The van der Waals surface area contributed by atoms with E-state index in [1.165, 1.54) is 4.70 Å². The van der Waals surface area contributed by atoms with Crippen LogP contribution in [0.3, 0.4) is 0 Å². The molecule has 2 aromatic heterocycles. The number of para-hydroxylation sites is 1. The van der Waals surface area contributed by atoms with E-state index in [1.54, 1.807) is 11.3 Å². The van der Waals surface area contributed by atoms with E-state index in [-0.39, 0.29) is 0 Å². The van der Waals surface area contributed by atoms with Crippen molar-refractivity contribution in [3.05, 3.63) is 36.9 Å². The smallest absolute Gasteiger partial charge is 0.186 e. The number of ether oxygens (including phenoxy) is 1. The summed E-state index contributed by atoms with van der Waals surface area (Å²) >= 11 is 1.75. The molecule has 0 spiro atoms. The molecule has 22 heavy (non-hydrogen) atoms. The second-order valence-corrected chi connectivity index (χ2v) is 6.57. The van der Waals surface area contributed by atoms with Gasteiger partial charge in [-0.2, -0.15) is 0 Å². The maximum absolute atomic E-state index is 5.67. The Labute approximate surface area is 133 Å². The van der Waals surface area contributed by atoms with Crippen LogP contribution in [-0.2, 0) is 6.54 Å². The van der Waals surface area contributed by atoms with Crippen molar-refractivity contribution in [2.45, 2.75) is 13.5 Å². The lowest BCUT2D eigenvalue weighted by atomic mass is 10.0. The minimum absolute atomic E-state index is 0.669. The number of aromatic nitrogens is 3.